The fourth-order valence-electron chi connectivity index (χ4n) is 7.71. The van der Waals surface area contributed by atoms with E-state index in [1.807, 2.05) is 41.3 Å². The zero-order valence-corrected chi connectivity index (χ0v) is 25.7. The fraction of sp³-hybridized carbons (Fsp3) is 0.529. The van der Waals surface area contributed by atoms with E-state index < -0.39 is 35.2 Å². The van der Waals surface area contributed by atoms with Crippen LogP contribution in [-0.2, 0) is 20.9 Å². The molecule has 1 aromatic carbocycles. The van der Waals surface area contributed by atoms with Crippen LogP contribution < -0.4 is 5.32 Å². The van der Waals surface area contributed by atoms with Crippen molar-refractivity contribution in [1.82, 2.24) is 25.0 Å². The minimum Gasteiger partial charge on any atom is -0.445 e. The molecule has 12 heteroatoms. The Morgan fingerprint density at radius 1 is 1.04 bits per heavy atom. The average molecular weight is 628 g/mol. The van der Waals surface area contributed by atoms with Gasteiger partial charge in [-0.05, 0) is 56.2 Å². The first-order chi connectivity index (χ1) is 22.3. The molecule has 240 valence electrons. The summed E-state index contributed by atoms with van der Waals surface area (Å²) in [6, 6.07) is 15.8. The van der Waals surface area contributed by atoms with Crippen molar-refractivity contribution >= 4 is 17.9 Å². The first-order valence-corrected chi connectivity index (χ1v) is 16.0. The van der Waals surface area contributed by atoms with E-state index in [0.29, 0.717) is 63.7 Å². The van der Waals surface area contributed by atoms with Gasteiger partial charge in [0.1, 0.15) is 31.4 Å². The van der Waals surface area contributed by atoms with Gasteiger partial charge >= 0.3 is 6.09 Å². The number of benzene rings is 1. The number of aromatic nitrogens is 1. The van der Waals surface area contributed by atoms with Gasteiger partial charge in [-0.2, -0.15) is 10.5 Å². The van der Waals surface area contributed by atoms with E-state index in [1.54, 1.807) is 12.1 Å². The smallest absolute Gasteiger partial charge is 0.411 e. The van der Waals surface area contributed by atoms with Crippen LogP contribution in [0.15, 0.2) is 48.7 Å². The average Bonchev–Trinajstić information content (AvgIpc) is 3.51. The molecule has 46 heavy (non-hydrogen) atoms. The Bertz CT molecular complexity index is 1510. The van der Waals surface area contributed by atoms with Crippen molar-refractivity contribution in [1.29, 1.82) is 10.5 Å². The highest BCUT2D eigenvalue weighted by Gasteiger charge is 2.58. The summed E-state index contributed by atoms with van der Waals surface area (Å²) in [6.45, 7) is 1.32. The Hall–Kier alpha value is -4.55. The highest BCUT2D eigenvalue weighted by atomic mass is 19.1. The SMILES string of the molecule is N#Cc1ccc(C2CNCCN2C(=O)C23CCC(N(CC(=O)N4C[C@@H](F)C[C@H]4C#N)C(=O)OCc4ccccc4)(CC2)CC3)nc1. The number of piperazine rings is 1. The summed E-state index contributed by atoms with van der Waals surface area (Å²) < 4.78 is 20.0. The summed E-state index contributed by atoms with van der Waals surface area (Å²) in [6.07, 6.45) is 2.79. The third-order valence-corrected chi connectivity index (χ3v) is 10.4. The van der Waals surface area contributed by atoms with Gasteiger partial charge in [-0.25, -0.2) is 9.18 Å². The van der Waals surface area contributed by atoms with Crippen LogP contribution in [0.5, 0.6) is 0 Å². The summed E-state index contributed by atoms with van der Waals surface area (Å²) in [5, 5.41) is 22.1. The van der Waals surface area contributed by atoms with Crippen molar-refractivity contribution in [3.8, 4) is 12.1 Å². The molecule has 5 aliphatic rings. The van der Waals surface area contributed by atoms with Crippen molar-refractivity contribution in [2.45, 2.75) is 75.3 Å². The van der Waals surface area contributed by atoms with Gasteiger partial charge in [0.05, 0.1) is 29.9 Å². The Kier molecular flexibility index (Phi) is 8.92. The number of nitriles is 2. The lowest BCUT2D eigenvalue weighted by Crippen LogP contribution is -2.64. The maximum atomic E-state index is 14.3. The lowest BCUT2D eigenvalue weighted by molar-refractivity contribution is -0.158. The molecule has 1 N–H and O–H groups in total. The van der Waals surface area contributed by atoms with Crippen molar-refractivity contribution in [3.63, 3.8) is 0 Å². The molecule has 11 nitrogen and oxygen atoms in total. The highest BCUT2D eigenvalue weighted by molar-refractivity contribution is 5.85. The monoisotopic (exact) mass is 627 g/mol. The molecule has 0 radical (unpaired) electrons. The molecule has 3 heterocycles. The third kappa shape index (κ3) is 6.02. The van der Waals surface area contributed by atoms with Crippen LogP contribution in [0, 0.1) is 28.1 Å². The Morgan fingerprint density at radius 2 is 1.78 bits per heavy atom. The molecule has 3 atom stereocenters. The third-order valence-electron chi connectivity index (χ3n) is 10.4. The number of halogens is 1. The number of rotatable bonds is 7. The van der Waals surface area contributed by atoms with Gasteiger partial charge in [0, 0.05) is 43.2 Å². The lowest BCUT2D eigenvalue weighted by atomic mass is 9.56. The molecule has 1 aromatic heterocycles. The Morgan fingerprint density at radius 3 is 2.43 bits per heavy atom. The lowest BCUT2D eigenvalue weighted by Gasteiger charge is -2.57. The van der Waals surface area contributed by atoms with Gasteiger partial charge in [-0.15, -0.1) is 0 Å². The van der Waals surface area contributed by atoms with E-state index in [0.717, 1.165) is 11.3 Å². The number of alkyl halides is 1. The Balaban J connectivity index is 1.20. The predicted molar refractivity (Wildman–Crippen MR) is 163 cm³/mol. The number of carbonyl (C=O) groups excluding carboxylic acids is 3. The molecule has 5 fully saturated rings. The normalized spacial score (nSPS) is 28.6. The van der Waals surface area contributed by atoms with Gasteiger partial charge < -0.3 is 19.9 Å². The molecule has 2 aromatic rings. The molecule has 2 bridgehead atoms. The number of hydrogen-bond acceptors (Lipinski definition) is 8. The quantitative estimate of drug-likeness (QED) is 0.491. The van der Waals surface area contributed by atoms with Crippen molar-refractivity contribution in [2.75, 3.05) is 32.7 Å². The number of nitrogens with zero attached hydrogens (tertiary/aromatic N) is 6. The largest absolute Gasteiger partial charge is 0.445 e. The first-order valence-electron chi connectivity index (χ1n) is 16.0. The molecule has 3 saturated carbocycles. The van der Waals surface area contributed by atoms with Crippen LogP contribution in [0.1, 0.15) is 67.8 Å². The molecular weight excluding hydrogens is 589 g/mol. The van der Waals surface area contributed by atoms with Gasteiger partial charge in [0.15, 0.2) is 0 Å². The van der Waals surface area contributed by atoms with Crippen LogP contribution in [0.4, 0.5) is 9.18 Å². The number of likely N-dealkylation sites (tertiary alicyclic amines) is 1. The van der Waals surface area contributed by atoms with E-state index in [4.69, 9.17) is 4.74 Å². The molecular formula is C34H38FN7O4. The zero-order valence-electron chi connectivity index (χ0n) is 25.7. The molecule has 2 saturated heterocycles. The number of nitrogens with one attached hydrogen (secondary N) is 1. The Labute approximate surface area is 267 Å². The summed E-state index contributed by atoms with van der Waals surface area (Å²) in [5.41, 5.74) is 0.720. The van der Waals surface area contributed by atoms with E-state index in [1.165, 1.54) is 16.0 Å². The minimum atomic E-state index is -1.28. The van der Waals surface area contributed by atoms with E-state index >= 15 is 0 Å². The fourth-order valence-corrected chi connectivity index (χ4v) is 7.71. The van der Waals surface area contributed by atoms with E-state index in [-0.39, 0.29) is 38.1 Å². The van der Waals surface area contributed by atoms with Gasteiger partial charge in [-0.1, -0.05) is 30.3 Å². The topological polar surface area (TPSA) is 143 Å². The molecule has 3 aliphatic carbocycles. The zero-order chi connectivity index (χ0) is 32.3. The van der Waals surface area contributed by atoms with Gasteiger partial charge in [0.2, 0.25) is 11.8 Å². The van der Waals surface area contributed by atoms with Crippen LogP contribution in [0.2, 0.25) is 0 Å². The van der Waals surface area contributed by atoms with E-state index in [2.05, 4.69) is 16.4 Å². The second-order valence-corrected chi connectivity index (χ2v) is 13.0. The number of carbonyl (C=O) groups is 3. The maximum absolute atomic E-state index is 14.3. The summed E-state index contributed by atoms with van der Waals surface area (Å²) in [5.74, 6) is -0.398. The van der Waals surface area contributed by atoms with Crippen LogP contribution >= 0.6 is 0 Å². The minimum absolute atomic E-state index is 0.0354. The summed E-state index contributed by atoms with van der Waals surface area (Å²) in [4.78, 5) is 50.8. The standard InChI is InChI=1S/C34H38FN7O4/c35-26-16-27(18-37)41(21-26)30(43)22-42(32(45)46-23-24-4-2-1-3-5-24)34-11-8-33(9-12-34,10-13-34)31(44)40-15-14-38-20-29(40)28-7-6-25(17-36)19-39-28/h1-7,19,26-27,29,38H,8-16,20-23H2/t26-,27-,29?,33?,34?/m0/s1. The molecule has 2 aliphatic heterocycles. The number of fused-ring (bicyclic) bond motifs is 3. The van der Waals surface area contributed by atoms with Crippen LogP contribution in [0.3, 0.4) is 0 Å². The molecule has 7 rings (SSSR count). The maximum Gasteiger partial charge on any atom is 0.411 e. The second-order valence-electron chi connectivity index (χ2n) is 13.0. The highest BCUT2D eigenvalue weighted by Crippen LogP contribution is 2.56. The number of hydrogen-bond donors (Lipinski definition) is 1. The van der Waals surface area contributed by atoms with Crippen LogP contribution in [-0.4, -0.2) is 88.1 Å². The molecule has 3 amide bonds. The summed E-state index contributed by atoms with van der Waals surface area (Å²) in [7, 11) is 0. The molecule has 1 unspecified atom stereocenters. The van der Waals surface area contributed by atoms with Crippen LogP contribution in [0.25, 0.3) is 0 Å². The first kappa shape index (κ1) is 31.4. The van der Waals surface area contributed by atoms with Gasteiger partial charge in [0.25, 0.3) is 0 Å². The van der Waals surface area contributed by atoms with Crippen molar-refractivity contribution in [2.24, 2.45) is 5.41 Å². The van der Waals surface area contributed by atoms with Crippen molar-refractivity contribution in [3.05, 3.63) is 65.5 Å². The number of pyridine rings is 1. The molecule has 0 spiro atoms. The predicted octanol–water partition coefficient (Wildman–Crippen LogP) is 3.62. The van der Waals surface area contributed by atoms with Gasteiger partial charge in [-0.3, -0.25) is 19.5 Å². The summed E-state index contributed by atoms with van der Waals surface area (Å²) >= 11 is 0. The number of amides is 3. The number of ether oxygens (including phenoxy) is 1. The van der Waals surface area contributed by atoms with E-state index in [9.17, 15) is 29.3 Å². The second kappa shape index (κ2) is 13.1. The van der Waals surface area contributed by atoms with Crippen molar-refractivity contribution < 1.29 is 23.5 Å².